The van der Waals surface area contributed by atoms with Gasteiger partial charge < -0.3 is 16.0 Å². The summed E-state index contributed by atoms with van der Waals surface area (Å²) in [5.74, 6) is -4.49. The lowest BCUT2D eigenvalue weighted by molar-refractivity contribution is -0.117. The molecule has 11 heteroatoms. The second kappa shape index (κ2) is 9.60. The van der Waals surface area contributed by atoms with Gasteiger partial charge >= 0.3 is 0 Å². The van der Waals surface area contributed by atoms with Gasteiger partial charge in [-0.3, -0.25) is 14.4 Å². The second-order valence-electron chi connectivity index (χ2n) is 7.24. The van der Waals surface area contributed by atoms with Crippen LogP contribution in [-0.2, 0) is 9.59 Å². The standard InChI is InChI=1S/C21H18Cl3F2N3O3/c1-2-3-16(30)29-18-14(25)6-7-15(17(18)26)28-19(31)11-8-10(4-5-13(11)22)27-20(32)12-9-21(12,23)24/h4-8,12H,2-3,9H2,1H3,(H,27,32)(H,28,31)(H,29,30). The van der Waals surface area contributed by atoms with E-state index in [-0.39, 0.29) is 28.4 Å². The highest BCUT2D eigenvalue weighted by atomic mass is 35.5. The minimum absolute atomic E-state index is 0.0370. The number of rotatable bonds is 7. The Labute approximate surface area is 197 Å². The summed E-state index contributed by atoms with van der Waals surface area (Å²) in [6, 6.07) is 6.09. The maximum Gasteiger partial charge on any atom is 0.257 e. The molecule has 3 N–H and O–H groups in total. The van der Waals surface area contributed by atoms with Crippen LogP contribution in [0.1, 0.15) is 36.5 Å². The average Bonchev–Trinajstić information content (AvgIpc) is 3.37. The van der Waals surface area contributed by atoms with Crippen LogP contribution in [0.5, 0.6) is 0 Å². The lowest BCUT2D eigenvalue weighted by Crippen LogP contribution is -2.19. The number of alkyl halides is 2. The van der Waals surface area contributed by atoms with E-state index < -0.39 is 45.3 Å². The van der Waals surface area contributed by atoms with Crippen molar-refractivity contribution in [3.8, 4) is 0 Å². The molecule has 32 heavy (non-hydrogen) atoms. The van der Waals surface area contributed by atoms with Gasteiger partial charge in [0.25, 0.3) is 5.91 Å². The molecule has 0 radical (unpaired) electrons. The number of hydrogen-bond donors (Lipinski definition) is 3. The molecular formula is C21H18Cl3F2N3O3. The molecule has 2 aromatic rings. The maximum atomic E-state index is 14.7. The third kappa shape index (κ3) is 5.49. The van der Waals surface area contributed by atoms with Crippen molar-refractivity contribution < 1.29 is 23.2 Å². The van der Waals surface area contributed by atoms with Crippen molar-refractivity contribution in [2.45, 2.75) is 30.5 Å². The van der Waals surface area contributed by atoms with Gasteiger partial charge in [0.2, 0.25) is 11.8 Å². The Balaban J connectivity index is 1.78. The van der Waals surface area contributed by atoms with Crippen molar-refractivity contribution in [3.63, 3.8) is 0 Å². The van der Waals surface area contributed by atoms with E-state index in [0.29, 0.717) is 12.8 Å². The molecule has 3 amide bonds. The van der Waals surface area contributed by atoms with Gasteiger partial charge in [-0.1, -0.05) is 18.5 Å². The number of hydrogen-bond acceptors (Lipinski definition) is 3. The molecule has 170 valence electrons. The van der Waals surface area contributed by atoms with Gasteiger partial charge in [0.15, 0.2) is 5.82 Å². The predicted molar refractivity (Wildman–Crippen MR) is 120 cm³/mol. The highest BCUT2D eigenvalue weighted by Gasteiger charge is 2.56. The normalized spacial score (nSPS) is 16.2. The van der Waals surface area contributed by atoms with Crippen molar-refractivity contribution in [2.75, 3.05) is 16.0 Å². The summed E-state index contributed by atoms with van der Waals surface area (Å²) < 4.78 is 27.6. The first kappa shape index (κ1) is 24.2. The summed E-state index contributed by atoms with van der Waals surface area (Å²) >= 11 is 17.9. The average molecular weight is 505 g/mol. The van der Waals surface area contributed by atoms with Crippen molar-refractivity contribution in [1.29, 1.82) is 0 Å². The third-order valence-corrected chi connectivity index (χ3v) is 5.87. The molecule has 0 saturated heterocycles. The molecule has 0 bridgehead atoms. The molecule has 0 aliphatic heterocycles. The highest BCUT2D eigenvalue weighted by Crippen LogP contribution is 2.53. The smallest absolute Gasteiger partial charge is 0.257 e. The SMILES string of the molecule is CCCC(=O)Nc1c(F)ccc(NC(=O)c2cc(NC(=O)C3CC3(Cl)Cl)ccc2Cl)c1F. The van der Waals surface area contributed by atoms with Crippen LogP contribution in [0, 0.1) is 17.6 Å². The van der Waals surface area contributed by atoms with E-state index in [1.54, 1.807) is 6.92 Å². The van der Waals surface area contributed by atoms with E-state index in [9.17, 15) is 23.2 Å². The van der Waals surface area contributed by atoms with Gasteiger partial charge in [-0.05, 0) is 43.2 Å². The minimum atomic E-state index is -1.14. The van der Waals surface area contributed by atoms with Crippen LogP contribution >= 0.6 is 34.8 Å². The Bertz CT molecular complexity index is 1100. The van der Waals surface area contributed by atoms with Crippen molar-refractivity contribution in [2.24, 2.45) is 5.92 Å². The number of amides is 3. The topological polar surface area (TPSA) is 87.3 Å². The Hall–Kier alpha value is -2.42. The van der Waals surface area contributed by atoms with E-state index in [4.69, 9.17) is 34.8 Å². The van der Waals surface area contributed by atoms with E-state index in [0.717, 1.165) is 12.1 Å². The highest BCUT2D eigenvalue weighted by molar-refractivity contribution is 6.52. The molecular weight excluding hydrogens is 487 g/mol. The number of benzene rings is 2. The van der Waals surface area contributed by atoms with E-state index in [1.807, 2.05) is 0 Å². The van der Waals surface area contributed by atoms with Gasteiger partial charge in [0.1, 0.15) is 15.8 Å². The van der Waals surface area contributed by atoms with Crippen molar-refractivity contribution in [3.05, 3.63) is 52.6 Å². The first-order valence-corrected chi connectivity index (χ1v) is 10.7. The third-order valence-electron chi connectivity index (χ3n) is 4.70. The summed E-state index contributed by atoms with van der Waals surface area (Å²) in [6.07, 6.45) is 0.886. The van der Waals surface area contributed by atoms with Gasteiger partial charge in [-0.15, -0.1) is 23.2 Å². The summed E-state index contributed by atoms with van der Waals surface area (Å²) in [4.78, 5) is 36.6. The van der Waals surface area contributed by atoms with Gasteiger partial charge in [-0.2, -0.15) is 0 Å². The van der Waals surface area contributed by atoms with E-state index in [1.165, 1.54) is 18.2 Å². The molecule has 3 rings (SSSR count). The van der Waals surface area contributed by atoms with Gasteiger partial charge in [-0.25, -0.2) is 8.78 Å². The molecule has 1 fully saturated rings. The zero-order valence-electron chi connectivity index (χ0n) is 16.7. The fraction of sp³-hybridized carbons (Fsp3) is 0.286. The van der Waals surface area contributed by atoms with Gasteiger partial charge in [0, 0.05) is 12.1 Å². The zero-order valence-corrected chi connectivity index (χ0v) is 19.0. The summed E-state index contributed by atoms with van der Waals surface area (Å²) in [7, 11) is 0. The van der Waals surface area contributed by atoms with Crippen LogP contribution in [0.25, 0.3) is 0 Å². The fourth-order valence-corrected chi connectivity index (χ4v) is 3.60. The van der Waals surface area contributed by atoms with Crippen molar-refractivity contribution in [1.82, 2.24) is 0 Å². The Morgan fingerprint density at radius 3 is 2.41 bits per heavy atom. The number of halogens is 5. The summed E-state index contributed by atoms with van der Waals surface area (Å²) in [6.45, 7) is 1.75. The Morgan fingerprint density at radius 1 is 1.09 bits per heavy atom. The van der Waals surface area contributed by atoms with Gasteiger partial charge in [0.05, 0.1) is 22.2 Å². The second-order valence-corrected chi connectivity index (χ2v) is 9.19. The van der Waals surface area contributed by atoms with Crippen LogP contribution in [0.2, 0.25) is 5.02 Å². The molecule has 0 spiro atoms. The van der Waals surface area contributed by atoms with Crippen molar-refractivity contribution >= 4 is 69.6 Å². The largest absolute Gasteiger partial charge is 0.326 e. The number of carbonyl (C=O) groups is 3. The quantitative estimate of drug-likeness (QED) is 0.420. The van der Waals surface area contributed by atoms with Crippen LogP contribution in [0.3, 0.4) is 0 Å². The monoisotopic (exact) mass is 503 g/mol. The minimum Gasteiger partial charge on any atom is -0.326 e. The number of anilines is 3. The lowest BCUT2D eigenvalue weighted by Gasteiger charge is -2.13. The zero-order chi connectivity index (χ0) is 23.6. The first-order valence-electron chi connectivity index (χ1n) is 9.61. The predicted octanol–water partition coefficient (Wildman–Crippen LogP) is 5.74. The molecule has 2 aromatic carbocycles. The molecule has 1 atom stereocenters. The molecule has 1 saturated carbocycles. The molecule has 6 nitrogen and oxygen atoms in total. The summed E-state index contributed by atoms with van der Waals surface area (Å²) in [5.41, 5.74) is -0.833. The van der Waals surface area contributed by atoms with E-state index in [2.05, 4.69) is 16.0 Å². The first-order chi connectivity index (χ1) is 15.0. The molecule has 1 unspecified atom stereocenters. The fourth-order valence-electron chi connectivity index (χ4n) is 2.89. The lowest BCUT2D eigenvalue weighted by atomic mass is 10.1. The molecule has 0 heterocycles. The Morgan fingerprint density at radius 2 is 1.78 bits per heavy atom. The van der Waals surface area contributed by atoms with Crippen LogP contribution in [-0.4, -0.2) is 22.1 Å². The number of nitrogens with one attached hydrogen (secondary N) is 3. The molecule has 0 aromatic heterocycles. The van der Waals surface area contributed by atoms with Crippen LogP contribution in [0.4, 0.5) is 25.8 Å². The van der Waals surface area contributed by atoms with E-state index >= 15 is 0 Å². The maximum absolute atomic E-state index is 14.7. The van der Waals surface area contributed by atoms with Crippen LogP contribution in [0.15, 0.2) is 30.3 Å². The molecule has 1 aliphatic rings. The summed E-state index contributed by atoms with van der Waals surface area (Å²) in [5, 5.41) is 7.09. The van der Waals surface area contributed by atoms with Crippen LogP contribution < -0.4 is 16.0 Å². The Kier molecular flexibility index (Phi) is 7.27. The molecule has 1 aliphatic carbocycles. The number of carbonyl (C=O) groups excluding carboxylic acids is 3.